The highest BCUT2D eigenvalue weighted by Crippen LogP contribution is 2.31. The minimum atomic E-state index is -3.48. The predicted molar refractivity (Wildman–Crippen MR) is 77.6 cm³/mol. The molecule has 1 aliphatic rings. The number of sulfonamides is 1. The van der Waals surface area contributed by atoms with Crippen molar-refractivity contribution in [1.29, 1.82) is 0 Å². The van der Waals surface area contributed by atoms with Gasteiger partial charge in [0.25, 0.3) is 0 Å². The number of nitrogen functional groups attached to an aromatic ring is 1. The molecule has 1 aromatic carbocycles. The molecule has 1 aromatic rings. The molecule has 1 atom stereocenters. The van der Waals surface area contributed by atoms with Crippen LogP contribution >= 0.6 is 11.6 Å². The van der Waals surface area contributed by atoms with E-state index in [1.807, 2.05) is 0 Å². The Morgan fingerprint density at radius 1 is 1.42 bits per heavy atom. The Morgan fingerprint density at radius 2 is 2.11 bits per heavy atom. The van der Waals surface area contributed by atoms with Crippen LogP contribution < -0.4 is 5.73 Å². The van der Waals surface area contributed by atoms with E-state index in [1.165, 1.54) is 18.2 Å². The van der Waals surface area contributed by atoms with Gasteiger partial charge >= 0.3 is 0 Å². The quantitative estimate of drug-likeness (QED) is 0.873. The van der Waals surface area contributed by atoms with Gasteiger partial charge < -0.3 is 5.73 Å². The molecule has 2 N–H and O–H groups in total. The summed E-state index contributed by atoms with van der Waals surface area (Å²) in [6, 6.07) is 4.56. The lowest BCUT2D eigenvalue weighted by atomic mass is 10.0. The number of halogens is 1. The lowest BCUT2D eigenvalue weighted by molar-refractivity contribution is 0.316. The van der Waals surface area contributed by atoms with Crippen molar-refractivity contribution >= 4 is 27.3 Å². The zero-order valence-corrected chi connectivity index (χ0v) is 12.7. The second kappa shape index (κ2) is 5.31. The van der Waals surface area contributed by atoms with Crippen molar-refractivity contribution in [3.05, 3.63) is 23.2 Å². The van der Waals surface area contributed by atoms with Gasteiger partial charge in [0.2, 0.25) is 10.0 Å². The van der Waals surface area contributed by atoms with Crippen molar-refractivity contribution < 1.29 is 8.42 Å². The molecule has 2 rings (SSSR count). The third-order valence-corrected chi connectivity index (χ3v) is 5.84. The van der Waals surface area contributed by atoms with Crippen LogP contribution in [0.15, 0.2) is 23.1 Å². The molecular formula is C13H19ClN2O2S. The Bertz CT molecular complexity index is 572. The molecule has 0 saturated carbocycles. The molecule has 1 aliphatic heterocycles. The van der Waals surface area contributed by atoms with E-state index < -0.39 is 10.0 Å². The number of anilines is 1. The number of hydrogen-bond acceptors (Lipinski definition) is 3. The van der Waals surface area contributed by atoms with Crippen molar-refractivity contribution in [2.75, 3.05) is 12.3 Å². The first-order valence-corrected chi connectivity index (χ1v) is 8.22. The van der Waals surface area contributed by atoms with E-state index in [2.05, 4.69) is 13.8 Å². The number of rotatable bonds is 3. The maximum atomic E-state index is 12.6. The Balaban J connectivity index is 2.39. The summed E-state index contributed by atoms with van der Waals surface area (Å²) < 4.78 is 26.9. The van der Waals surface area contributed by atoms with E-state index in [9.17, 15) is 8.42 Å². The Labute approximate surface area is 119 Å². The van der Waals surface area contributed by atoms with Gasteiger partial charge in [-0.05, 0) is 37.0 Å². The Hall–Kier alpha value is -0.780. The molecule has 106 valence electrons. The third kappa shape index (κ3) is 2.73. The summed E-state index contributed by atoms with van der Waals surface area (Å²) in [5, 5.41) is 0.279. The van der Waals surface area contributed by atoms with Crippen LogP contribution in [0.2, 0.25) is 5.02 Å². The molecule has 19 heavy (non-hydrogen) atoms. The standard InChI is InChI=1S/C13H19ClN2O2S/c1-9(2)13-4-3-7-16(13)19(17,18)10-5-6-12(15)11(14)8-10/h5-6,8-9,13H,3-4,7,15H2,1-2H3. The molecule has 0 aliphatic carbocycles. The molecule has 4 nitrogen and oxygen atoms in total. The van der Waals surface area contributed by atoms with Crippen molar-refractivity contribution in [3.8, 4) is 0 Å². The van der Waals surface area contributed by atoms with Gasteiger partial charge in [-0.25, -0.2) is 8.42 Å². The van der Waals surface area contributed by atoms with Gasteiger partial charge in [0.05, 0.1) is 15.6 Å². The zero-order chi connectivity index (χ0) is 14.2. The van der Waals surface area contributed by atoms with Crippen molar-refractivity contribution in [2.24, 2.45) is 5.92 Å². The normalized spacial score (nSPS) is 21.2. The average Bonchev–Trinajstić information content (AvgIpc) is 2.82. The molecule has 0 spiro atoms. The van der Waals surface area contributed by atoms with E-state index in [0.717, 1.165) is 12.8 Å². The first-order valence-electron chi connectivity index (χ1n) is 6.41. The fraction of sp³-hybridized carbons (Fsp3) is 0.538. The summed E-state index contributed by atoms with van der Waals surface area (Å²) in [5.41, 5.74) is 6.01. The van der Waals surface area contributed by atoms with Gasteiger partial charge in [-0.2, -0.15) is 4.31 Å². The van der Waals surface area contributed by atoms with E-state index in [4.69, 9.17) is 17.3 Å². The van der Waals surface area contributed by atoms with Crippen LogP contribution in [0.25, 0.3) is 0 Å². The van der Waals surface area contributed by atoms with Crippen molar-refractivity contribution in [1.82, 2.24) is 4.31 Å². The molecule has 6 heteroatoms. The largest absolute Gasteiger partial charge is 0.398 e. The van der Waals surface area contributed by atoms with Gasteiger partial charge in [0.1, 0.15) is 0 Å². The van der Waals surface area contributed by atoms with Crippen LogP contribution in [0, 0.1) is 5.92 Å². The third-order valence-electron chi connectivity index (χ3n) is 3.60. The lowest BCUT2D eigenvalue weighted by Crippen LogP contribution is -2.38. The van der Waals surface area contributed by atoms with Gasteiger partial charge in [-0.1, -0.05) is 25.4 Å². The first-order chi connectivity index (χ1) is 8.84. The summed E-state index contributed by atoms with van der Waals surface area (Å²) >= 11 is 5.92. The topological polar surface area (TPSA) is 63.4 Å². The highest BCUT2D eigenvalue weighted by molar-refractivity contribution is 7.89. The monoisotopic (exact) mass is 302 g/mol. The van der Waals surface area contributed by atoms with Crippen LogP contribution in [-0.2, 0) is 10.0 Å². The lowest BCUT2D eigenvalue weighted by Gasteiger charge is -2.27. The summed E-state index contributed by atoms with van der Waals surface area (Å²) in [5.74, 6) is 0.307. The molecule has 1 heterocycles. The second-order valence-electron chi connectivity index (χ2n) is 5.25. The average molecular weight is 303 g/mol. The fourth-order valence-corrected chi connectivity index (χ4v) is 4.63. The highest BCUT2D eigenvalue weighted by Gasteiger charge is 2.36. The first kappa shape index (κ1) is 14.6. The number of hydrogen-bond donors (Lipinski definition) is 1. The molecule has 1 unspecified atom stereocenters. The van der Waals surface area contributed by atoms with Crippen LogP contribution in [0.3, 0.4) is 0 Å². The Morgan fingerprint density at radius 3 is 2.68 bits per heavy atom. The van der Waals surface area contributed by atoms with E-state index in [1.54, 1.807) is 4.31 Å². The van der Waals surface area contributed by atoms with E-state index in [0.29, 0.717) is 18.2 Å². The number of nitrogens with two attached hydrogens (primary N) is 1. The molecule has 1 fully saturated rings. The number of nitrogens with zero attached hydrogens (tertiary/aromatic N) is 1. The SMILES string of the molecule is CC(C)C1CCCN1S(=O)(=O)c1ccc(N)c(Cl)c1. The predicted octanol–water partition coefficient (Wildman–Crippen LogP) is 2.73. The summed E-state index contributed by atoms with van der Waals surface area (Å²) in [7, 11) is -3.48. The molecule has 0 aromatic heterocycles. The summed E-state index contributed by atoms with van der Waals surface area (Å²) in [6.45, 7) is 4.68. The van der Waals surface area contributed by atoms with Gasteiger partial charge in [0, 0.05) is 12.6 Å². The highest BCUT2D eigenvalue weighted by atomic mass is 35.5. The fourth-order valence-electron chi connectivity index (χ4n) is 2.53. The van der Waals surface area contributed by atoms with Crippen LogP contribution in [-0.4, -0.2) is 25.3 Å². The maximum absolute atomic E-state index is 12.6. The Kier molecular flexibility index (Phi) is 4.08. The smallest absolute Gasteiger partial charge is 0.243 e. The van der Waals surface area contributed by atoms with Crippen LogP contribution in [0.1, 0.15) is 26.7 Å². The van der Waals surface area contributed by atoms with Gasteiger partial charge in [-0.15, -0.1) is 0 Å². The molecule has 0 radical (unpaired) electrons. The molecular weight excluding hydrogens is 284 g/mol. The maximum Gasteiger partial charge on any atom is 0.243 e. The molecule has 0 bridgehead atoms. The summed E-state index contributed by atoms with van der Waals surface area (Å²) in [4.78, 5) is 0.222. The van der Waals surface area contributed by atoms with Crippen molar-refractivity contribution in [2.45, 2.75) is 37.6 Å². The van der Waals surface area contributed by atoms with Crippen LogP contribution in [0.4, 0.5) is 5.69 Å². The molecule has 0 amide bonds. The van der Waals surface area contributed by atoms with E-state index in [-0.39, 0.29) is 16.0 Å². The van der Waals surface area contributed by atoms with Gasteiger partial charge in [0.15, 0.2) is 0 Å². The minimum absolute atomic E-state index is 0.0707. The van der Waals surface area contributed by atoms with Gasteiger partial charge in [-0.3, -0.25) is 0 Å². The zero-order valence-electron chi connectivity index (χ0n) is 11.1. The van der Waals surface area contributed by atoms with E-state index >= 15 is 0 Å². The molecule has 1 saturated heterocycles. The van der Waals surface area contributed by atoms with Crippen molar-refractivity contribution in [3.63, 3.8) is 0 Å². The minimum Gasteiger partial charge on any atom is -0.398 e. The number of benzene rings is 1. The summed E-state index contributed by atoms with van der Waals surface area (Å²) in [6.07, 6.45) is 1.82. The van der Waals surface area contributed by atoms with Crippen LogP contribution in [0.5, 0.6) is 0 Å². The second-order valence-corrected chi connectivity index (χ2v) is 7.55.